The lowest BCUT2D eigenvalue weighted by Crippen LogP contribution is -2.50. The van der Waals surface area contributed by atoms with Crippen LogP contribution >= 0.6 is 0 Å². The van der Waals surface area contributed by atoms with E-state index in [1.807, 2.05) is 0 Å². The van der Waals surface area contributed by atoms with Gasteiger partial charge in [0.25, 0.3) is 5.91 Å². The van der Waals surface area contributed by atoms with E-state index in [1.54, 1.807) is 18.2 Å². The summed E-state index contributed by atoms with van der Waals surface area (Å²) in [5, 5.41) is 10.4. The van der Waals surface area contributed by atoms with E-state index < -0.39 is 21.6 Å². The number of hydrogen-bond donors (Lipinski definition) is 3. The van der Waals surface area contributed by atoms with E-state index in [1.165, 1.54) is 24.3 Å². The van der Waals surface area contributed by atoms with Crippen LogP contribution in [0.2, 0.25) is 0 Å². The monoisotopic (exact) mass is 417 g/mol. The largest absolute Gasteiger partial charge is 0.323 e. The van der Waals surface area contributed by atoms with Crippen molar-refractivity contribution in [1.82, 2.24) is 10.6 Å². The SMILES string of the molecule is NS(=O)(=O)c1ccc(-c2ccc(F)cc2)c(CC2CCCC23NC(=O)NC3=O)c1. The second-order valence-electron chi connectivity index (χ2n) is 7.54. The number of carbonyl (C=O) groups is 2. The molecule has 1 spiro atoms. The summed E-state index contributed by atoms with van der Waals surface area (Å²) in [7, 11) is -3.92. The first-order chi connectivity index (χ1) is 13.7. The number of primary sulfonamides is 1. The molecule has 1 aliphatic heterocycles. The summed E-state index contributed by atoms with van der Waals surface area (Å²) in [5.41, 5.74) is 1.12. The second-order valence-corrected chi connectivity index (χ2v) is 9.11. The molecule has 3 amide bonds. The Morgan fingerprint density at radius 1 is 1.14 bits per heavy atom. The van der Waals surface area contributed by atoms with Crippen LogP contribution in [0.4, 0.5) is 9.18 Å². The Labute approximate surface area is 167 Å². The van der Waals surface area contributed by atoms with Gasteiger partial charge in [-0.05, 0) is 66.1 Å². The van der Waals surface area contributed by atoms with Gasteiger partial charge in [0.1, 0.15) is 11.4 Å². The zero-order chi connectivity index (χ0) is 20.8. The zero-order valence-electron chi connectivity index (χ0n) is 15.4. The molecule has 9 heteroatoms. The molecule has 4 N–H and O–H groups in total. The number of sulfonamides is 1. The van der Waals surface area contributed by atoms with E-state index in [2.05, 4.69) is 10.6 Å². The maximum absolute atomic E-state index is 13.4. The molecule has 2 atom stereocenters. The highest BCUT2D eigenvalue weighted by atomic mass is 32.2. The average molecular weight is 417 g/mol. The highest BCUT2D eigenvalue weighted by Gasteiger charge is 2.54. The van der Waals surface area contributed by atoms with Crippen LogP contribution < -0.4 is 15.8 Å². The summed E-state index contributed by atoms with van der Waals surface area (Å²) >= 11 is 0. The molecule has 1 saturated carbocycles. The Balaban J connectivity index is 1.77. The number of carbonyl (C=O) groups excluding carboxylic acids is 2. The predicted octanol–water partition coefficient (Wildman–Crippen LogP) is 2.06. The van der Waals surface area contributed by atoms with E-state index in [-0.39, 0.29) is 22.5 Å². The highest BCUT2D eigenvalue weighted by molar-refractivity contribution is 7.89. The third kappa shape index (κ3) is 3.51. The first-order valence-corrected chi connectivity index (χ1v) is 10.8. The van der Waals surface area contributed by atoms with Gasteiger partial charge in [0.15, 0.2) is 0 Å². The topological polar surface area (TPSA) is 118 Å². The number of benzene rings is 2. The Morgan fingerprint density at radius 3 is 2.48 bits per heavy atom. The highest BCUT2D eigenvalue weighted by Crippen LogP contribution is 2.41. The molecule has 2 aromatic carbocycles. The van der Waals surface area contributed by atoms with Crippen molar-refractivity contribution in [3.05, 3.63) is 53.8 Å². The number of hydrogen-bond acceptors (Lipinski definition) is 4. The summed E-state index contributed by atoms with van der Waals surface area (Å²) in [6, 6.07) is 9.90. The Morgan fingerprint density at radius 2 is 1.86 bits per heavy atom. The fourth-order valence-corrected chi connectivity index (χ4v) is 4.98. The zero-order valence-corrected chi connectivity index (χ0v) is 16.3. The van der Waals surface area contributed by atoms with Crippen LogP contribution in [-0.4, -0.2) is 25.9 Å². The van der Waals surface area contributed by atoms with Crippen molar-refractivity contribution in [2.24, 2.45) is 11.1 Å². The molecule has 1 heterocycles. The molecule has 1 saturated heterocycles. The molecule has 2 aliphatic rings. The van der Waals surface area contributed by atoms with E-state index in [9.17, 15) is 22.4 Å². The summed E-state index contributed by atoms with van der Waals surface area (Å²) in [5.74, 6) is -0.934. The first kappa shape index (κ1) is 19.5. The minimum Gasteiger partial charge on any atom is -0.323 e. The van der Waals surface area contributed by atoms with Crippen LogP contribution in [0.25, 0.3) is 11.1 Å². The van der Waals surface area contributed by atoms with E-state index in [0.29, 0.717) is 30.4 Å². The standard InChI is InChI=1S/C20H20FN3O4S/c21-15-5-3-12(4-6-15)17-8-7-16(29(22,27)28)11-13(17)10-14-2-1-9-20(14)18(25)23-19(26)24-20/h3-8,11,14H,1-2,9-10H2,(H2,22,27,28)(H2,23,24,25,26). The van der Waals surface area contributed by atoms with Crippen molar-refractivity contribution in [2.75, 3.05) is 0 Å². The molecular formula is C20H20FN3O4S. The summed E-state index contributed by atoms with van der Waals surface area (Å²) in [6.07, 6.45) is 2.36. The smallest absolute Gasteiger partial charge is 0.322 e. The van der Waals surface area contributed by atoms with E-state index >= 15 is 0 Å². The van der Waals surface area contributed by atoms with Crippen molar-refractivity contribution in [3.8, 4) is 11.1 Å². The second kappa shape index (κ2) is 6.93. The van der Waals surface area contributed by atoms with Crippen LogP contribution in [0.15, 0.2) is 47.4 Å². The van der Waals surface area contributed by atoms with Gasteiger partial charge in [-0.15, -0.1) is 0 Å². The fraction of sp³-hybridized carbons (Fsp3) is 0.300. The number of amides is 3. The Kier molecular flexibility index (Phi) is 4.66. The molecule has 0 aromatic heterocycles. The number of rotatable bonds is 4. The lowest BCUT2D eigenvalue weighted by atomic mass is 9.81. The van der Waals surface area contributed by atoms with Gasteiger partial charge < -0.3 is 5.32 Å². The van der Waals surface area contributed by atoms with Crippen molar-refractivity contribution in [1.29, 1.82) is 0 Å². The molecule has 152 valence electrons. The molecule has 2 fully saturated rings. The Hall–Kier alpha value is -2.78. The lowest BCUT2D eigenvalue weighted by Gasteiger charge is -2.29. The van der Waals surface area contributed by atoms with Crippen LogP contribution in [0, 0.1) is 11.7 Å². The van der Waals surface area contributed by atoms with Crippen molar-refractivity contribution in [3.63, 3.8) is 0 Å². The van der Waals surface area contributed by atoms with Crippen LogP contribution in [0.5, 0.6) is 0 Å². The molecular weight excluding hydrogens is 397 g/mol. The van der Waals surface area contributed by atoms with Gasteiger partial charge in [-0.1, -0.05) is 24.6 Å². The quantitative estimate of drug-likeness (QED) is 0.660. The molecule has 0 radical (unpaired) electrons. The lowest BCUT2D eigenvalue weighted by molar-refractivity contribution is -0.125. The van der Waals surface area contributed by atoms with Gasteiger partial charge >= 0.3 is 6.03 Å². The van der Waals surface area contributed by atoms with Crippen LogP contribution in [-0.2, 0) is 21.2 Å². The van der Waals surface area contributed by atoms with Crippen molar-refractivity contribution >= 4 is 22.0 Å². The minimum atomic E-state index is -3.92. The van der Waals surface area contributed by atoms with E-state index in [0.717, 1.165) is 12.0 Å². The summed E-state index contributed by atoms with van der Waals surface area (Å²) in [4.78, 5) is 24.2. The molecule has 29 heavy (non-hydrogen) atoms. The fourth-order valence-electron chi connectivity index (χ4n) is 4.42. The molecule has 4 rings (SSSR count). The average Bonchev–Trinajstić information content (AvgIpc) is 3.18. The molecule has 0 bridgehead atoms. The van der Waals surface area contributed by atoms with Gasteiger partial charge in [-0.25, -0.2) is 22.7 Å². The molecule has 2 unspecified atom stereocenters. The van der Waals surface area contributed by atoms with Crippen molar-refractivity contribution in [2.45, 2.75) is 36.1 Å². The normalized spacial score (nSPS) is 24.0. The molecule has 1 aliphatic carbocycles. The van der Waals surface area contributed by atoms with Gasteiger partial charge in [0.2, 0.25) is 10.0 Å². The van der Waals surface area contributed by atoms with Gasteiger partial charge in [-0.3, -0.25) is 10.1 Å². The molecule has 2 aromatic rings. The summed E-state index contributed by atoms with van der Waals surface area (Å²) < 4.78 is 37.1. The van der Waals surface area contributed by atoms with Crippen molar-refractivity contribution < 1.29 is 22.4 Å². The number of nitrogens with one attached hydrogen (secondary N) is 2. The number of imide groups is 1. The maximum Gasteiger partial charge on any atom is 0.322 e. The number of halogens is 1. The number of urea groups is 1. The van der Waals surface area contributed by atoms with Gasteiger partial charge in [0.05, 0.1) is 4.90 Å². The Bertz CT molecular complexity index is 1100. The van der Waals surface area contributed by atoms with Crippen LogP contribution in [0.1, 0.15) is 24.8 Å². The van der Waals surface area contributed by atoms with Gasteiger partial charge in [-0.2, -0.15) is 0 Å². The predicted molar refractivity (Wildman–Crippen MR) is 104 cm³/mol. The molecule has 7 nitrogen and oxygen atoms in total. The third-order valence-corrected chi connectivity index (χ3v) is 6.73. The van der Waals surface area contributed by atoms with Crippen LogP contribution in [0.3, 0.4) is 0 Å². The third-order valence-electron chi connectivity index (χ3n) is 5.82. The minimum absolute atomic E-state index is 0.0367. The first-order valence-electron chi connectivity index (χ1n) is 9.24. The van der Waals surface area contributed by atoms with E-state index in [4.69, 9.17) is 5.14 Å². The van der Waals surface area contributed by atoms with Gasteiger partial charge in [0, 0.05) is 0 Å². The number of nitrogens with two attached hydrogens (primary N) is 1. The maximum atomic E-state index is 13.4. The summed E-state index contributed by atoms with van der Waals surface area (Å²) in [6.45, 7) is 0.